The Bertz CT molecular complexity index is 1830. The molecule has 0 spiro atoms. The van der Waals surface area contributed by atoms with Gasteiger partial charge in [0, 0.05) is 36.9 Å². The molecular formula is C30H23F4N5O3S. The summed E-state index contributed by atoms with van der Waals surface area (Å²) in [5.74, 6) is -1.28. The van der Waals surface area contributed by atoms with Gasteiger partial charge in [-0.05, 0) is 79.1 Å². The van der Waals surface area contributed by atoms with E-state index in [0.717, 1.165) is 22.8 Å². The van der Waals surface area contributed by atoms with Crippen molar-refractivity contribution in [2.24, 2.45) is 5.41 Å². The van der Waals surface area contributed by atoms with Crippen molar-refractivity contribution in [3.63, 3.8) is 0 Å². The number of hydrogen-bond acceptors (Lipinski definition) is 7. The number of hydrogen-bond donors (Lipinski definition) is 2. The van der Waals surface area contributed by atoms with Crippen LogP contribution in [0.2, 0.25) is 0 Å². The first-order chi connectivity index (χ1) is 20.4. The molecular weight excluding hydrogens is 586 g/mol. The van der Waals surface area contributed by atoms with E-state index < -0.39 is 51.0 Å². The van der Waals surface area contributed by atoms with Crippen LogP contribution in [0.3, 0.4) is 0 Å². The number of carbonyl (C=O) groups is 1. The number of fused-ring (bicyclic) bond motifs is 1. The molecule has 0 radical (unpaired) electrons. The van der Waals surface area contributed by atoms with Crippen LogP contribution in [0.4, 0.5) is 23.2 Å². The second-order valence-corrected chi connectivity index (χ2v) is 12.1. The zero-order valence-corrected chi connectivity index (χ0v) is 23.1. The highest BCUT2D eigenvalue weighted by molar-refractivity contribution is 7.89. The molecule has 1 atom stereocenters. The summed E-state index contributed by atoms with van der Waals surface area (Å²) in [5, 5.41) is 20.4. The first-order valence-corrected chi connectivity index (χ1v) is 14.4. The van der Waals surface area contributed by atoms with Crippen molar-refractivity contribution in [1.82, 2.24) is 9.29 Å². The number of aromatic nitrogens is 1. The molecule has 1 aliphatic heterocycles. The number of rotatable bonds is 7. The van der Waals surface area contributed by atoms with Gasteiger partial charge < -0.3 is 10.7 Å². The zero-order chi connectivity index (χ0) is 31.0. The number of Topliss-reactive ketones (excluding diaryl/α,β-unsaturated/α-hetero) is 1. The van der Waals surface area contributed by atoms with Gasteiger partial charge in [-0.1, -0.05) is 11.6 Å². The molecule has 0 bridgehead atoms. The van der Waals surface area contributed by atoms with Crippen LogP contribution in [-0.2, 0) is 16.2 Å². The third-order valence-electron chi connectivity index (χ3n) is 7.50. The quantitative estimate of drug-likeness (QED) is 0.200. The van der Waals surface area contributed by atoms with Crippen LogP contribution in [0.25, 0.3) is 0 Å². The first-order valence-electron chi connectivity index (χ1n) is 12.9. The number of alkyl halides is 3. The molecule has 8 nitrogen and oxygen atoms in total. The maximum Gasteiger partial charge on any atom is 0.416 e. The number of nitriles is 1. The lowest BCUT2D eigenvalue weighted by Crippen LogP contribution is -2.52. The van der Waals surface area contributed by atoms with E-state index in [4.69, 9.17) is 5.41 Å². The van der Waals surface area contributed by atoms with Crippen molar-refractivity contribution in [3.8, 4) is 6.07 Å². The van der Waals surface area contributed by atoms with Crippen molar-refractivity contribution in [1.29, 1.82) is 10.7 Å². The van der Waals surface area contributed by atoms with E-state index in [1.54, 1.807) is 6.08 Å². The third kappa shape index (κ3) is 5.71. The first kappa shape index (κ1) is 29.8. The van der Waals surface area contributed by atoms with Gasteiger partial charge in [-0.3, -0.25) is 9.78 Å². The molecule has 1 saturated heterocycles. The van der Waals surface area contributed by atoms with Crippen LogP contribution in [0, 0.1) is 28.0 Å². The van der Waals surface area contributed by atoms with Crippen molar-refractivity contribution >= 4 is 27.7 Å². The molecule has 220 valence electrons. The maximum absolute atomic E-state index is 14.2. The van der Waals surface area contributed by atoms with Gasteiger partial charge in [-0.25, -0.2) is 12.8 Å². The maximum atomic E-state index is 14.2. The van der Waals surface area contributed by atoms with Crippen molar-refractivity contribution < 1.29 is 30.8 Å². The Balaban J connectivity index is 1.61. The highest BCUT2D eigenvalue weighted by Crippen LogP contribution is 2.48. The normalized spacial score (nSPS) is 19.2. The number of ketones is 1. The average molecular weight is 610 g/mol. The molecule has 0 amide bonds. The highest BCUT2D eigenvalue weighted by atomic mass is 32.2. The SMILES string of the molecule is N#Cc1cccc(S(=O)(=O)N2CCC3=CC(Nc4ccc(F)cc4)=C(C=N)C[C@]3(C(=O)c3cc(C(F)(F)F)ccn3)C2)c1. The van der Waals surface area contributed by atoms with Crippen LogP contribution < -0.4 is 5.32 Å². The minimum atomic E-state index is -4.75. The molecule has 5 rings (SSSR count). The Morgan fingerprint density at radius 1 is 1.14 bits per heavy atom. The van der Waals surface area contributed by atoms with Gasteiger partial charge in [0.15, 0.2) is 5.78 Å². The fraction of sp³-hybridized carbons (Fsp3) is 0.200. The summed E-state index contributed by atoms with van der Waals surface area (Å²) < 4.78 is 82.6. The monoisotopic (exact) mass is 609 g/mol. The molecule has 1 fully saturated rings. The van der Waals surface area contributed by atoms with E-state index >= 15 is 0 Å². The number of anilines is 1. The number of allylic oxidation sites excluding steroid dienone is 2. The minimum absolute atomic E-state index is 0.0434. The largest absolute Gasteiger partial charge is 0.416 e. The van der Waals surface area contributed by atoms with Gasteiger partial charge >= 0.3 is 6.18 Å². The van der Waals surface area contributed by atoms with E-state index in [1.807, 2.05) is 6.07 Å². The molecule has 2 aliphatic rings. The Morgan fingerprint density at radius 3 is 2.56 bits per heavy atom. The summed E-state index contributed by atoms with van der Waals surface area (Å²) in [5.41, 5.74) is -1.53. The number of nitrogens with one attached hydrogen (secondary N) is 2. The molecule has 2 N–H and O–H groups in total. The molecule has 2 aromatic carbocycles. The number of pyridine rings is 1. The Hall–Kier alpha value is -4.67. The van der Waals surface area contributed by atoms with E-state index in [0.29, 0.717) is 23.0 Å². The number of carbonyl (C=O) groups excluding carboxylic acids is 1. The minimum Gasteiger partial charge on any atom is -0.355 e. The molecule has 2 heterocycles. The number of sulfonamides is 1. The highest BCUT2D eigenvalue weighted by Gasteiger charge is 2.51. The van der Waals surface area contributed by atoms with Crippen LogP contribution in [0.5, 0.6) is 0 Å². The van der Waals surface area contributed by atoms with Crippen LogP contribution in [0.1, 0.15) is 34.5 Å². The van der Waals surface area contributed by atoms with Crippen LogP contribution in [0.15, 0.2) is 94.7 Å². The smallest absolute Gasteiger partial charge is 0.355 e. The van der Waals surface area contributed by atoms with E-state index in [2.05, 4.69) is 10.3 Å². The van der Waals surface area contributed by atoms with E-state index in [9.17, 15) is 36.0 Å². The number of halogens is 4. The molecule has 0 unspecified atom stereocenters. The van der Waals surface area contributed by atoms with Gasteiger partial charge in [-0.2, -0.15) is 22.7 Å². The lowest BCUT2D eigenvalue weighted by Gasteiger charge is -2.45. The second kappa shape index (κ2) is 11.2. The number of benzene rings is 2. The summed E-state index contributed by atoms with van der Waals surface area (Å²) in [7, 11) is -4.24. The Kier molecular flexibility index (Phi) is 7.76. The molecule has 43 heavy (non-hydrogen) atoms. The molecule has 1 aromatic heterocycles. The predicted octanol–water partition coefficient (Wildman–Crippen LogP) is 5.72. The van der Waals surface area contributed by atoms with Gasteiger partial charge in [-0.15, -0.1) is 0 Å². The standard InChI is InChI=1S/C30H23F4N5O3S/c31-23-4-6-24(7-5-23)38-26-13-21-9-11-39(43(41,42)25-3-1-2-19(12-25)16-35)18-29(21,15-20(26)17-36)28(40)27-14-22(8-10-37-27)30(32,33)34/h1-8,10,12-14,17,36,38H,9,11,15,18H2/t29-/m0/s1. The molecule has 3 aromatic rings. The summed E-state index contributed by atoms with van der Waals surface area (Å²) in [6.07, 6.45) is -1.47. The zero-order valence-electron chi connectivity index (χ0n) is 22.3. The van der Waals surface area contributed by atoms with Crippen molar-refractivity contribution in [2.45, 2.75) is 23.9 Å². The Labute approximate surface area is 244 Å². The van der Waals surface area contributed by atoms with Gasteiger partial charge in [0.25, 0.3) is 0 Å². The summed E-state index contributed by atoms with van der Waals surface area (Å²) in [6.45, 7) is -0.490. The molecule has 13 heteroatoms. The number of nitrogens with zero attached hydrogens (tertiary/aromatic N) is 3. The van der Waals surface area contributed by atoms with Crippen LogP contribution in [-0.4, -0.2) is 42.8 Å². The fourth-order valence-electron chi connectivity index (χ4n) is 5.32. The molecule has 0 saturated carbocycles. The van der Waals surface area contributed by atoms with Crippen molar-refractivity contribution in [3.05, 3.63) is 112 Å². The predicted molar refractivity (Wildman–Crippen MR) is 149 cm³/mol. The third-order valence-corrected chi connectivity index (χ3v) is 9.34. The second-order valence-electron chi connectivity index (χ2n) is 10.1. The lowest BCUT2D eigenvalue weighted by atomic mass is 9.65. The summed E-state index contributed by atoms with van der Waals surface area (Å²) >= 11 is 0. The summed E-state index contributed by atoms with van der Waals surface area (Å²) in [6, 6.07) is 14.1. The number of piperidine rings is 1. The van der Waals surface area contributed by atoms with E-state index in [-0.39, 0.29) is 35.4 Å². The van der Waals surface area contributed by atoms with Gasteiger partial charge in [0.05, 0.1) is 27.5 Å². The molecule has 1 aliphatic carbocycles. The Morgan fingerprint density at radius 2 is 1.88 bits per heavy atom. The van der Waals surface area contributed by atoms with E-state index in [1.165, 1.54) is 48.5 Å². The van der Waals surface area contributed by atoms with Gasteiger partial charge in [0.2, 0.25) is 10.0 Å². The summed E-state index contributed by atoms with van der Waals surface area (Å²) in [4.78, 5) is 18.0. The fourth-order valence-corrected chi connectivity index (χ4v) is 6.87. The van der Waals surface area contributed by atoms with Crippen molar-refractivity contribution in [2.75, 3.05) is 18.4 Å². The lowest BCUT2D eigenvalue weighted by molar-refractivity contribution is -0.137. The average Bonchev–Trinajstić information content (AvgIpc) is 3.00. The van der Waals surface area contributed by atoms with Crippen LogP contribution >= 0.6 is 0 Å². The van der Waals surface area contributed by atoms with Gasteiger partial charge in [0.1, 0.15) is 11.5 Å². The topological polar surface area (TPSA) is 127 Å².